The minimum atomic E-state index is 0.603. The Labute approximate surface area is 175 Å². The lowest BCUT2D eigenvalue weighted by Gasteiger charge is -2.36. The number of nitrogens with one attached hydrogen (secondary N) is 1. The number of hydrogen-bond acceptors (Lipinski definition) is 3. The van der Waals surface area contributed by atoms with E-state index in [9.17, 15) is 0 Å². The van der Waals surface area contributed by atoms with Gasteiger partial charge in [-0.05, 0) is 11.5 Å². The van der Waals surface area contributed by atoms with Crippen LogP contribution in [0.3, 0.4) is 0 Å². The Bertz CT molecular complexity index is 785. The van der Waals surface area contributed by atoms with Crippen LogP contribution < -0.4 is 5.32 Å². The third kappa shape index (κ3) is 6.46. The average Bonchev–Trinajstić information content (AvgIpc) is 3.16. The fraction of sp³-hybridized carbons (Fsp3) is 0.478. The van der Waals surface area contributed by atoms with Gasteiger partial charge in [-0.1, -0.05) is 56.3 Å². The number of aromatic nitrogens is 2. The summed E-state index contributed by atoms with van der Waals surface area (Å²) in [5.74, 6) is 2.62. The topological polar surface area (TPSA) is 48.7 Å². The van der Waals surface area contributed by atoms with E-state index in [0.29, 0.717) is 12.5 Å². The molecule has 1 N–H and O–H groups in total. The van der Waals surface area contributed by atoms with Gasteiger partial charge in [0.25, 0.3) is 0 Å². The molecule has 0 unspecified atom stereocenters. The highest BCUT2D eigenvalue weighted by Gasteiger charge is 2.19. The summed E-state index contributed by atoms with van der Waals surface area (Å²) in [5, 5.41) is 3.49. The van der Waals surface area contributed by atoms with Crippen LogP contribution in [-0.4, -0.2) is 65.1 Å². The lowest BCUT2D eigenvalue weighted by atomic mass is 10.2. The largest absolute Gasteiger partial charge is 0.349 e. The van der Waals surface area contributed by atoms with Crippen molar-refractivity contribution in [1.82, 2.24) is 24.7 Å². The first kappa shape index (κ1) is 21.1. The average molecular weight is 395 g/mol. The fourth-order valence-electron chi connectivity index (χ4n) is 3.60. The molecule has 2 heterocycles. The van der Waals surface area contributed by atoms with Gasteiger partial charge in [-0.15, -0.1) is 0 Å². The van der Waals surface area contributed by atoms with Gasteiger partial charge in [0.15, 0.2) is 5.96 Å². The van der Waals surface area contributed by atoms with Crippen LogP contribution in [0, 0.1) is 5.92 Å². The number of aliphatic imine (C=N–C) groups is 1. The van der Waals surface area contributed by atoms with Crippen LogP contribution in [0.1, 0.15) is 25.2 Å². The monoisotopic (exact) mass is 394 g/mol. The highest BCUT2D eigenvalue weighted by molar-refractivity contribution is 5.79. The minimum absolute atomic E-state index is 0.603. The van der Waals surface area contributed by atoms with Crippen molar-refractivity contribution in [3.8, 4) is 0 Å². The molecule has 6 nitrogen and oxygen atoms in total. The summed E-state index contributed by atoms with van der Waals surface area (Å²) < 4.78 is 2.22. The molecule has 29 heavy (non-hydrogen) atoms. The first-order valence-corrected chi connectivity index (χ1v) is 10.5. The fourth-order valence-corrected chi connectivity index (χ4v) is 3.60. The molecular weight excluding hydrogens is 360 g/mol. The van der Waals surface area contributed by atoms with E-state index in [4.69, 9.17) is 0 Å². The van der Waals surface area contributed by atoms with E-state index < -0.39 is 0 Å². The smallest absolute Gasteiger partial charge is 0.194 e. The van der Waals surface area contributed by atoms with E-state index in [1.165, 1.54) is 5.56 Å². The van der Waals surface area contributed by atoms with Crippen molar-refractivity contribution >= 4 is 12.0 Å². The number of piperazine rings is 1. The van der Waals surface area contributed by atoms with Gasteiger partial charge in [-0.25, -0.2) is 4.98 Å². The Hall–Kier alpha value is -2.60. The molecule has 1 saturated heterocycles. The van der Waals surface area contributed by atoms with Crippen LogP contribution in [0.5, 0.6) is 0 Å². The van der Waals surface area contributed by atoms with Crippen molar-refractivity contribution < 1.29 is 0 Å². The highest BCUT2D eigenvalue weighted by Crippen LogP contribution is 2.07. The van der Waals surface area contributed by atoms with Crippen LogP contribution in [-0.2, 0) is 13.1 Å². The Balaban J connectivity index is 1.44. The van der Waals surface area contributed by atoms with Gasteiger partial charge in [-0.3, -0.25) is 9.89 Å². The molecular formula is C23H34N6. The van der Waals surface area contributed by atoms with Crippen LogP contribution in [0.15, 0.2) is 53.8 Å². The van der Waals surface area contributed by atoms with E-state index in [2.05, 4.69) is 92.2 Å². The summed E-state index contributed by atoms with van der Waals surface area (Å²) in [6.45, 7) is 11.2. The van der Waals surface area contributed by atoms with Crippen LogP contribution >= 0.6 is 0 Å². The van der Waals surface area contributed by atoms with E-state index in [-0.39, 0.29) is 0 Å². The molecule has 2 aromatic rings. The Morgan fingerprint density at radius 2 is 1.93 bits per heavy atom. The number of benzene rings is 1. The van der Waals surface area contributed by atoms with Crippen molar-refractivity contribution in [2.45, 2.75) is 26.9 Å². The first-order valence-electron chi connectivity index (χ1n) is 10.5. The van der Waals surface area contributed by atoms with Crippen molar-refractivity contribution in [1.29, 1.82) is 0 Å². The Morgan fingerprint density at radius 1 is 1.17 bits per heavy atom. The molecule has 1 aromatic carbocycles. The molecule has 0 spiro atoms. The van der Waals surface area contributed by atoms with E-state index in [0.717, 1.165) is 51.1 Å². The first-order chi connectivity index (χ1) is 14.2. The second kappa shape index (κ2) is 10.8. The van der Waals surface area contributed by atoms with Gasteiger partial charge in [0.05, 0.1) is 6.54 Å². The van der Waals surface area contributed by atoms with Gasteiger partial charge >= 0.3 is 0 Å². The predicted molar refractivity (Wildman–Crippen MR) is 121 cm³/mol. The van der Waals surface area contributed by atoms with Gasteiger partial charge in [-0.2, -0.15) is 0 Å². The van der Waals surface area contributed by atoms with Gasteiger partial charge < -0.3 is 14.8 Å². The third-order valence-corrected chi connectivity index (χ3v) is 5.13. The zero-order valence-corrected chi connectivity index (χ0v) is 18.0. The maximum absolute atomic E-state index is 4.50. The van der Waals surface area contributed by atoms with Crippen molar-refractivity contribution in [3.63, 3.8) is 0 Å². The number of nitrogens with zero attached hydrogens (tertiary/aromatic N) is 5. The Morgan fingerprint density at radius 3 is 2.62 bits per heavy atom. The molecule has 0 bridgehead atoms. The van der Waals surface area contributed by atoms with Crippen LogP contribution in [0.25, 0.3) is 6.08 Å². The molecule has 0 saturated carbocycles. The molecule has 1 aliphatic heterocycles. The highest BCUT2D eigenvalue weighted by atomic mass is 15.3. The lowest BCUT2D eigenvalue weighted by Crippen LogP contribution is -2.52. The van der Waals surface area contributed by atoms with E-state index >= 15 is 0 Å². The van der Waals surface area contributed by atoms with Gasteiger partial charge in [0.2, 0.25) is 0 Å². The molecule has 0 atom stereocenters. The number of rotatable bonds is 7. The number of imidazole rings is 1. The van der Waals surface area contributed by atoms with Crippen molar-refractivity contribution in [3.05, 3.63) is 60.2 Å². The third-order valence-electron chi connectivity index (χ3n) is 5.13. The number of hydrogen-bond donors (Lipinski definition) is 1. The van der Waals surface area contributed by atoms with Crippen LogP contribution in [0.2, 0.25) is 0 Å². The maximum Gasteiger partial charge on any atom is 0.194 e. The van der Waals surface area contributed by atoms with Gasteiger partial charge in [0, 0.05) is 58.7 Å². The summed E-state index contributed by atoms with van der Waals surface area (Å²) in [7, 11) is 1.86. The second-order valence-corrected chi connectivity index (χ2v) is 7.89. The SMILES string of the molecule is CN=C(NCc1nccn1CC(C)C)N1CCN(C/C=C/c2ccccc2)CC1. The molecule has 6 heteroatoms. The molecule has 1 aliphatic rings. The van der Waals surface area contributed by atoms with Crippen molar-refractivity contribution in [2.24, 2.45) is 10.9 Å². The molecule has 1 fully saturated rings. The summed E-state index contributed by atoms with van der Waals surface area (Å²) in [6, 6.07) is 10.5. The zero-order chi connectivity index (χ0) is 20.5. The molecule has 0 radical (unpaired) electrons. The van der Waals surface area contributed by atoms with Crippen LogP contribution in [0.4, 0.5) is 0 Å². The standard InChI is InChI=1S/C23H34N6/c1-20(2)19-29-13-11-25-22(29)18-26-23(24-3)28-16-14-27(15-17-28)12-7-10-21-8-5-4-6-9-21/h4-11,13,20H,12,14-19H2,1-3H3,(H,24,26)/b10-7+. The second-order valence-electron chi connectivity index (χ2n) is 7.89. The van der Waals surface area contributed by atoms with E-state index in [1.54, 1.807) is 0 Å². The van der Waals surface area contributed by atoms with Gasteiger partial charge in [0.1, 0.15) is 5.82 Å². The predicted octanol–water partition coefficient (Wildman–Crippen LogP) is 2.95. The maximum atomic E-state index is 4.50. The molecule has 0 amide bonds. The normalized spacial score (nSPS) is 16.1. The van der Waals surface area contributed by atoms with Crippen molar-refractivity contribution in [2.75, 3.05) is 39.8 Å². The minimum Gasteiger partial charge on any atom is -0.349 e. The van der Waals surface area contributed by atoms with E-state index in [1.807, 2.05) is 13.2 Å². The zero-order valence-electron chi connectivity index (χ0n) is 18.0. The molecule has 156 valence electrons. The molecule has 0 aliphatic carbocycles. The molecule has 1 aromatic heterocycles. The molecule has 3 rings (SSSR count). The quantitative estimate of drug-likeness (QED) is 0.579. The Kier molecular flexibility index (Phi) is 7.87. The number of guanidine groups is 1. The summed E-state index contributed by atoms with van der Waals surface area (Å²) in [6.07, 6.45) is 8.39. The lowest BCUT2D eigenvalue weighted by molar-refractivity contribution is 0.194. The summed E-state index contributed by atoms with van der Waals surface area (Å²) in [4.78, 5) is 13.8. The summed E-state index contributed by atoms with van der Waals surface area (Å²) >= 11 is 0. The summed E-state index contributed by atoms with van der Waals surface area (Å²) in [5.41, 5.74) is 1.26.